The molecule has 0 aliphatic heterocycles. The van der Waals surface area contributed by atoms with Gasteiger partial charge in [0.2, 0.25) is 5.91 Å². The summed E-state index contributed by atoms with van der Waals surface area (Å²) in [5.41, 5.74) is 4.56. The molecule has 0 radical (unpaired) electrons. The van der Waals surface area contributed by atoms with Crippen molar-refractivity contribution in [1.82, 2.24) is 0 Å². The van der Waals surface area contributed by atoms with E-state index in [2.05, 4.69) is 5.32 Å². The molecule has 3 nitrogen and oxygen atoms in total. The number of carbonyl (C=O) groups is 1. The molecule has 0 aromatic heterocycles. The minimum Gasteiger partial charge on any atom is -0.324 e. The van der Waals surface area contributed by atoms with Gasteiger partial charge < -0.3 is 11.1 Å². The number of halogens is 4. The highest BCUT2D eigenvalue weighted by Gasteiger charge is 2.37. The zero-order valence-electron chi connectivity index (χ0n) is 12.3. The highest BCUT2D eigenvalue weighted by Crippen LogP contribution is 2.35. The Bertz CT molecular complexity index is 540. The predicted molar refractivity (Wildman–Crippen MR) is 82.1 cm³/mol. The van der Waals surface area contributed by atoms with Crippen LogP contribution >= 0.6 is 12.4 Å². The van der Waals surface area contributed by atoms with Crippen LogP contribution in [0.5, 0.6) is 0 Å². The van der Waals surface area contributed by atoms with Gasteiger partial charge in [0.1, 0.15) is 0 Å². The minimum absolute atomic E-state index is 0. The van der Waals surface area contributed by atoms with E-state index in [4.69, 9.17) is 5.73 Å². The lowest BCUT2D eigenvalue weighted by molar-refractivity contribution is -0.138. The van der Waals surface area contributed by atoms with Crippen LogP contribution in [-0.2, 0) is 11.0 Å². The number of alkyl halides is 3. The molecule has 0 heterocycles. The summed E-state index contributed by atoms with van der Waals surface area (Å²) in [7, 11) is 0. The van der Waals surface area contributed by atoms with Crippen molar-refractivity contribution in [3.8, 4) is 0 Å². The van der Waals surface area contributed by atoms with Crippen molar-refractivity contribution in [2.75, 3.05) is 5.32 Å². The topological polar surface area (TPSA) is 55.1 Å². The Balaban J connectivity index is 0.00000242. The number of anilines is 1. The highest BCUT2D eigenvalue weighted by atomic mass is 35.5. The molecule has 1 fully saturated rings. The molecule has 3 N–H and O–H groups in total. The maximum absolute atomic E-state index is 12.9. The van der Waals surface area contributed by atoms with Crippen LogP contribution in [0.2, 0.25) is 0 Å². The van der Waals surface area contributed by atoms with Crippen molar-refractivity contribution in [2.24, 2.45) is 5.73 Å². The summed E-state index contributed by atoms with van der Waals surface area (Å²) in [6.07, 6.45) is -0.532. The maximum atomic E-state index is 12.9. The van der Waals surface area contributed by atoms with E-state index in [1.54, 1.807) is 0 Å². The first-order valence-corrected chi connectivity index (χ1v) is 7.01. The lowest BCUT2D eigenvalue weighted by atomic mass is 9.82. The van der Waals surface area contributed by atoms with Crippen LogP contribution in [0.4, 0.5) is 18.9 Å². The van der Waals surface area contributed by atoms with Gasteiger partial charge in [0.15, 0.2) is 0 Å². The number of nitrogens with two attached hydrogens (primary N) is 1. The zero-order valence-corrected chi connectivity index (χ0v) is 13.1. The summed E-state index contributed by atoms with van der Waals surface area (Å²) in [4.78, 5) is 12.3. The fraction of sp³-hybridized carbons (Fsp3) is 0.533. The molecule has 0 spiro atoms. The summed E-state index contributed by atoms with van der Waals surface area (Å²) in [5.74, 6) is -0.398. The van der Waals surface area contributed by atoms with Gasteiger partial charge in [0.25, 0.3) is 0 Å². The Kier molecular flexibility index (Phi) is 5.87. The largest absolute Gasteiger partial charge is 0.416 e. The second-order valence-electron chi connectivity index (χ2n) is 5.65. The molecule has 22 heavy (non-hydrogen) atoms. The molecule has 0 unspecified atom stereocenters. The fourth-order valence-corrected chi connectivity index (χ4v) is 2.73. The molecule has 124 valence electrons. The second-order valence-corrected chi connectivity index (χ2v) is 5.65. The van der Waals surface area contributed by atoms with Crippen molar-refractivity contribution in [3.05, 3.63) is 29.3 Å². The van der Waals surface area contributed by atoms with Gasteiger partial charge in [-0.25, -0.2) is 0 Å². The predicted octanol–water partition coefficient (Wildman–Crippen LogP) is 4.04. The maximum Gasteiger partial charge on any atom is 0.416 e. The van der Waals surface area contributed by atoms with Gasteiger partial charge >= 0.3 is 6.18 Å². The van der Waals surface area contributed by atoms with Crippen molar-refractivity contribution in [3.63, 3.8) is 0 Å². The first-order chi connectivity index (χ1) is 9.74. The van der Waals surface area contributed by atoms with E-state index in [-0.39, 0.29) is 23.7 Å². The van der Waals surface area contributed by atoms with Gasteiger partial charge in [0.05, 0.1) is 11.1 Å². The Morgan fingerprint density at radius 2 is 1.82 bits per heavy atom. The van der Waals surface area contributed by atoms with Gasteiger partial charge in [-0.2, -0.15) is 13.2 Å². The van der Waals surface area contributed by atoms with E-state index in [9.17, 15) is 18.0 Å². The third kappa shape index (κ3) is 3.93. The fourth-order valence-electron chi connectivity index (χ4n) is 2.73. The lowest BCUT2D eigenvalue weighted by Gasteiger charge is -2.32. The van der Waals surface area contributed by atoms with E-state index in [1.807, 2.05) is 0 Å². The van der Waals surface area contributed by atoms with Crippen LogP contribution in [0.15, 0.2) is 18.2 Å². The molecule has 1 saturated carbocycles. The van der Waals surface area contributed by atoms with Crippen LogP contribution in [-0.4, -0.2) is 11.4 Å². The number of rotatable bonds is 2. The second kappa shape index (κ2) is 6.87. The average molecular weight is 337 g/mol. The van der Waals surface area contributed by atoms with E-state index in [1.165, 1.54) is 19.1 Å². The molecule has 2 rings (SSSR count). The third-order valence-corrected chi connectivity index (χ3v) is 4.09. The van der Waals surface area contributed by atoms with Gasteiger partial charge in [-0.3, -0.25) is 4.79 Å². The molecule has 1 aromatic rings. The molecule has 0 atom stereocenters. The quantitative estimate of drug-likeness (QED) is 0.856. The van der Waals surface area contributed by atoms with Crippen LogP contribution in [0, 0.1) is 6.92 Å². The molecule has 7 heteroatoms. The van der Waals surface area contributed by atoms with Crippen molar-refractivity contribution < 1.29 is 18.0 Å². The Morgan fingerprint density at radius 3 is 2.36 bits per heavy atom. The molecular formula is C15H20ClF3N2O. The number of amides is 1. The molecule has 1 aliphatic carbocycles. The van der Waals surface area contributed by atoms with Crippen LogP contribution in [0.1, 0.15) is 43.2 Å². The van der Waals surface area contributed by atoms with Crippen LogP contribution < -0.4 is 11.1 Å². The summed E-state index contributed by atoms with van der Waals surface area (Å²) >= 11 is 0. The zero-order chi connectivity index (χ0) is 15.7. The number of benzene rings is 1. The molecule has 1 aromatic carbocycles. The summed E-state index contributed by atoms with van der Waals surface area (Å²) < 4.78 is 38.6. The van der Waals surface area contributed by atoms with E-state index in [0.29, 0.717) is 12.8 Å². The monoisotopic (exact) mass is 336 g/mol. The molecular weight excluding hydrogens is 317 g/mol. The lowest BCUT2D eigenvalue weighted by Crippen LogP contribution is -2.52. The van der Waals surface area contributed by atoms with Crippen LogP contribution in [0.3, 0.4) is 0 Å². The van der Waals surface area contributed by atoms with E-state index >= 15 is 0 Å². The highest BCUT2D eigenvalue weighted by molar-refractivity contribution is 5.98. The molecule has 0 bridgehead atoms. The van der Waals surface area contributed by atoms with E-state index in [0.717, 1.165) is 25.3 Å². The normalized spacial score (nSPS) is 17.5. The number of nitrogens with one attached hydrogen (secondary N) is 1. The van der Waals surface area contributed by atoms with Gasteiger partial charge in [0, 0.05) is 5.69 Å². The number of hydrogen-bond acceptors (Lipinski definition) is 2. The first kappa shape index (κ1) is 18.8. The molecule has 0 saturated heterocycles. The minimum atomic E-state index is -4.43. The number of carbonyl (C=O) groups excluding carboxylic acids is 1. The van der Waals surface area contributed by atoms with Crippen molar-refractivity contribution in [1.29, 1.82) is 0 Å². The third-order valence-electron chi connectivity index (χ3n) is 4.09. The molecule has 1 amide bonds. The Labute approximate surface area is 133 Å². The summed E-state index contributed by atoms with van der Waals surface area (Å²) in [6.45, 7) is 1.35. The summed E-state index contributed by atoms with van der Waals surface area (Å²) in [6, 6.07) is 3.76. The SMILES string of the molecule is Cc1c(NC(=O)C2(N)CCCCC2)cccc1C(F)(F)F.Cl. The Morgan fingerprint density at radius 1 is 1.23 bits per heavy atom. The standard InChI is InChI=1S/C15H19F3N2O.ClH/c1-10-11(15(16,17)18)6-5-7-12(10)20-13(21)14(19)8-3-2-4-9-14;/h5-7H,2-4,8-9,19H2,1H3,(H,20,21);1H. The molecule has 1 aliphatic rings. The van der Waals surface area contributed by atoms with Crippen molar-refractivity contribution >= 4 is 24.0 Å². The van der Waals surface area contributed by atoms with Gasteiger partial charge in [-0.05, 0) is 37.5 Å². The van der Waals surface area contributed by atoms with E-state index < -0.39 is 23.2 Å². The number of hydrogen-bond donors (Lipinski definition) is 2. The average Bonchev–Trinajstić information content (AvgIpc) is 2.40. The summed E-state index contributed by atoms with van der Waals surface area (Å²) in [5, 5.41) is 2.57. The van der Waals surface area contributed by atoms with Crippen LogP contribution in [0.25, 0.3) is 0 Å². The first-order valence-electron chi connectivity index (χ1n) is 7.01. The Hall–Kier alpha value is -1.27. The van der Waals surface area contributed by atoms with Crippen molar-refractivity contribution in [2.45, 2.75) is 50.7 Å². The van der Waals surface area contributed by atoms with Gasteiger partial charge in [-0.15, -0.1) is 12.4 Å². The smallest absolute Gasteiger partial charge is 0.324 e. The van der Waals surface area contributed by atoms with Gasteiger partial charge in [-0.1, -0.05) is 25.3 Å².